The van der Waals surface area contributed by atoms with Gasteiger partial charge < -0.3 is 9.32 Å². The molecule has 0 aliphatic carbocycles. The first-order valence-electron chi connectivity index (χ1n) is 7.41. The van der Waals surface area contributed by atoms with Crippen molar-refractivity contribution in [2.45, 2.75) is 6.54 Å². The number of aldehydes is 1. The Morgan fingerprint density at radius 2 is 1.78 bits per heavy atom. The molecule has 1 aliphatic rings. The van der Waals surface area contributed by atoms with E-state index >= 15 is 0 Å². The van der Waals surface area contributed by atoms with Crippen molar-refractivity contribution in [1.29, 1.82) is 0 Å². The van der Waals surface area contributed by atoms with Crippen LogP contribution in [-0.4, -0.2) is 42.3 Å². The SMILES string of the molecule is O=Cc1ccc(N2CCN(Cc3ccc([N+](=O)[O-])o3)CC2)cc1. The number of benzene rings is 1. The highest BCUT2D eigenvalue weighted by Gasteiger charge is 2.19. The molecule has 2 heterocycles. The molecule has 1 aromatic carbocycles. The number of nitrogens with zero attached hydrogens (tertiary/aromatic N) is 3. The molecule has 0 saturated carbocycles. The standard InChI is InChI=1S/C16H17N3O4/c20-12-13-1-3-14(4-2-13)18-9-7-17(8-10-18)11-15-5-6-16(23-15)19(21)22/h1-6,12H,7-11H2. The van der Waals surface area contributed by atoms with Crippen molar-refractivity contribution >= 4 is 17.9 Å². The minimum Gasteiger partial charge on any atom is -0.404 e. The fourth-order valence-corrected chi connectivity index (χ4v) is 2.70. The molecule has 0 spiro atoms. The van der Waals surface area contributed by atoms with Crippen LogP contribution in [0.1, 0.15) is 16.1 Å². The maximum Gasteiger partial charge on any atom is 0.433 e. The van der Waals surface area contributed by atoms with Crippen LogP contribution in [-0.2, 0) is 6.54 Å². The zero-order chi connectivity index (χ0) is 16.2. The van der Waals surface area contributed by atoms with Crippen molar-refractivity contribution in [2.75, 3.05) is 31.1 Å². The third-order valence-electron chi connectivity index (χ3n) is 3.97. The number of nitro groups is 1. The normalized spacial score (nSPS) is 15.6. The lowest BCUT2D eigenvalue weighted by molar-refractivity contribution is -0.402. The van der Waals surface area contributed by atoms with E-state index in [0.717, 1.165) is 38.2 Å². The van der Waals surface area contributed by atoms with Crippen LogP contribution in [0, 0.1) is 10.1 Å². The van der Waals surface area contributed by atoms with Crippen LogP contribution in [0.3, 0.4) is 0 Å². The number of carbonyl (C=O) groups excluding carboxylic acids is 1. The predicted octanol–water partition coefficient (Wildman–Crippen LogP) is 2.32. The molecule has 1 saturated heterocycles. The number of hydrogen-bond acceptors (Lipinski definition) is 6. The molecule has 2 aromatic rings. The first-order valence-corrected chi connectivity index (χ1v) is 7.41. The van der Waals surface area contributed by atoms with Gasteiger partial charge in [-0.3, -0.25) is 19.8 Å². The number of rotatable bonds is 5. The summed E-state index contributed by atoms with van der Waals surface area (Å²) < 4.78 is 5.20. The Morgan fingerprint density at radius 3 is 2.35 bits per heavy atom. The van der Waals surface area contributed by atoms with Crippen LogP contribution in [0.25, 0.3) is 0 Å². The topological polar surface area (TPSA) is 79.8 Å². The Kier molecular flexibility index (Phi) is 4.38. The van der Waals surface area contributed by atoms with Gasteiger partial charge in [0.2, 0.25) is 0 Å². The van der Waals surface area contributed by atoms with Gasteiger partial charge in [0.15, 0.2) is 0 Å². The summed E-state index contributed by atoms with van der Waals surface area (Å²) in [7, 11) is 0. The van der Waals surface area contributed by atoms with Gasteiger partial charge in [-0.05, 0) is 30.3 Å². The first-order chi connectivity index (χ1) is 11.2. The molecule has 1 aliphatic heterocycles. The molecule has 0 bridgehead atoms. The highest BCUT2D eigenvalue weighted by atomic mass is 16.6. The molecule has 120 valence electrons. The Morgan fingerprint density at radius 1 is 1.09 bits per heavy atom. The summed E-state index contributed by atoms with van der Waals surface area (Å²) in [6.07, 6.45) is 0.838. The summed E-state index contributed by atoms with van der Waals surface area (Å²) in [5.41, 5.74) is 1.77. The summed E-state index contributed by atoms with van der Waals surface area (Å²) in [6.45, 7) is 4.01. The van der Waals surface area contributed by atoms with Crippen LogP contribution in [0.2, 0.25) is 0 Å². The summed E-state index contributed by atoms with van der Waals surface area (Å²) in [5, 5.41) is 10.6. The van der Waals surface area contributed by atoms with E-state index in [1.54, 1.807) is 6.07 Å². The fraction of sp³-hybridized carbons (Fsp3) is 0.312. The molecule has 0 N–H and O–H groups in total. The Bertz CT molecular complexity index is 688. The summed E-state index contributed by atoms with van der Waals surface area (Å²) >= 11 is 0. The van der Waals surface area contributed by atoms with E-state index in [-0.39, 0.29) is 5.88 Å². The van der Waals surface area contributed by atoms with E-state index in [0.29, 0.717) is 17.9 Å². The minimum absolute atomic E-state index is 0.214. The lowest BCUT2D eigenvalue weighted by atomic mass is 10.2. The number of furan rings is 1. The van der Waals surface area contributed by atoms with Gasteiger partial charge in [0.25, 0.3) is 0 Å². The maximum absolute atomic E-state index is 10.7. The van der Waals surface area contributed by atoms with Crippen molar-refractivity contribution in [2.24, 2.45) is 0 Å². The second-order valence-electron chi connectivity index (χ2n) is 5.47. The van der Waals surface area contributed by atoms with Crippen molar-refractivity contribution in [3.05, 3.63) is 57.8 Å². The predicted molar refractivity (Wildman–Crippen MR) is 84.7 cm³/mol. The largest absolute Gasteiger partial charge is 0.433 e. The van der Waals surface area contributed by atoms with E-state index in [1.807, 2.05) is 24.3 Å². The number of anilines is 1. The molecular formula is C16H17N3O4. The van der Waals surface area contributed by atoms with Crippen LogP contribution in [0.15, 0.2) is 40.8 Å². The Labute approximate surface area is 133 Å². The highest BCUT2D eigenvalue weighted by Crippen LogP contribution is 2.20. The van der Waals surface area contributed by atoms with Crippen LogP contribution in [0.5, 0.6) is 0 Å². The first kappa shape index (κ1) is 15.2. The average Bonchev–Trinajstić information content (AvgIpc) is 3.04. The highest BCUT2D eigenvalue weighted by molar-refractivity contribution is 5.75. The van der Waals surface area contributed by atoms with Crippen molar-refractivity contribution in [1.82, 2.24) is 4.90 Å². The number of piperazine rings is 1. The molecular weight excluding hydrogens is 298 g/mol. The molecule has 1 aromatic heterocycles. The van der Waals surface area contributed by atoms with E-state index < -0.39 is 4.92 Å². The summed E-state index contributed by atoms with van der Waals surface area (Å²) in [6, 6.07) is 10.6. The fourth-order valence-electron chi connectivity index (χ4n) is 2.70. The van der Waals surface area contributed by atoms with Gasteiger partial charge in [0, 0.05) is 37.4 Å². The lowest BCUT2D eigenvalue weighted by Gasteiger charge is -2.35. The quantitative estimate of drug-likeness (QED) is 0.478. The van der Waals surface area contributed by atoms with E-state index in [2.05, 4.69) is 9.80 Å². The molecule has 1 fully saturated rings. The van der Waals surface area contributed by atoms with E-state index in [1.165, 1.54) is 6.07 Å². The van der Waals surface area contributed by atoms with Crippen molar-refractivity contribution < 1.29 is 14.1 Å². The third-order valence-corrected chi connectivity index (χ3v) is 3.97. The Balaban J connectivity index is 1.55. The second-order valence-corrected chi connectivity index (χ2v) is 5.47. The second kappa shape index (κ2) is 6.62. The van der Waals surface area contributed by atoms with Gasteiger partial charge >= 0.3 is 5.88 Å². The minimum atomic E-state index is -0.523. The molecule has 0 amide bonds. The smallest absolute Gasteiger partial charge is 0.404 e. The Hall–Kier alpha value is -2.67. The van der Waals surface area contributed by atoms with E-state index in [4.69, 9.17) is 4.42 Å². The van der Waals surface area contributed by atoms with Gasteiger partial charge in [-0.15, -0.1) is 0 Å². The van der Waals surface area contributed by atoms with E-state index in [9.17, 15) is 14.9 Å². The molecule has 0 radical (unpaired) electrons. The zero-order valence-corrected chi connectivity index (χ0v) is 12.6. The van der Waals surface area contributed by atoms with Gasteiger partial charge in [-0.25, -0.2) is 0 Å². The van der Waals surface area contributed by atoms with Gasteiger partial charge in [-0.1, -0.05) is 0 Å². The van der Waals surface area contributed by atoms with Gasteiger partial charge in [0.05, 0.1) is 12.6 Å². The molecule has 3 rings (SSSR count). The van der Waals surface area contributed by atoms with Crippen LogP contribution in [0.4, 0.5) is 11.6 Å². The van der Waals surface area contributed by atoms with Crippen LogP contribution >= 0.6 is 0 Å². The third kappa shape index (κ3) is 3.57. The van der Waals surface area contributed by atoms with Crippen molar-refractivity contribution in [3.63, 3.8) is 0 Å². The maximum atomic E-state index is 10.7. The summed E-state index contributed by atoms with van der Waals surface area (Å²) in [4.78, 5) is 25.2. The zero-order valence-electron chi connectivity index (χ0n) is 12.6. The number of hydrogen-bond donors (Lipinski definition) is 0. The molecule has 7 nitrogen and oxygen atoms in total. The average molecular weight is 315 g/mol. The molecule has 0 unspecified atom stereocenters. The summed E-state index contributed by atoms with van der Waals surface area (Å²) in [5.74, 6) is 0.398. The van der Waals surface area contributed by atoms with Crippen molar-refractivity contribution in [3.8, 4) is 0 Å². The monoisotopic (exact) mass is 315 g/mol. The molecule has 23 heavy (non-hydrogen) atoms. The molecule has 0 atom stereocenters. The molecule has 7 heteroatoms. The number of carbonyl (C=O) groups is 1. The van der Waals surface area contributed by atoms with Gasteiger partial charge in [-0.2, -0.15) is 0 Å². The van der Waals surface area contributed by atoms with Crippen LogP contribution < -0.4 is 4.90 Å². The lowest BCUT2D eigenvalue weighted by Crippen LogP contribution is -2.45. The van der Waals surface area contributed by atoms with Gasteiger partial charge in [0.1, 0.15) is 17.0 Å².